The molecule has 23 heavy (non-hydrogen) atoms. The molecule has 0 saturated heterocycles. The van der Waals surface area contributed by atoms with Crippen LogP contribution in [-0.2, 0) is 0 Å². The van der Waals surface area contributed by atoms with Gasteiger partial charge in [0.15, 0.2) is 0 Å². The molecule has 0 radical (unpaired) electrons. The van der Waals surface area contributed by atoms with Gasteiger partial charge in [-0.15, -0.1) is 12.4 Å². The van der Waals surface area contributed by atoms with Crippen molar-refractivity contribution in [3.05, 3.63) is 29.8 Å². The zero-order chi connectivity index (χ0) is 16.0. The van der Waals surface area contributed by atoms with Crippen molar-refractivity contribution in [2.75, 3.05) is 13.2 Å². The molecule has 1 amide bonds. The van der Waals surface area contributed by atoms with E-state index in [1.54, 1.807) is 12.1 Å². The Labute approximate surface area is 145 Å². The first kappa shape index (κ1) is 19.8. The molecule has 0 spiro atoms. The van der Waals surface area contributed by atoms with E-state index in [1.807, 2.05) is 26.0 Å². The third-order valence-corrected chi connectivity index (χ3v) is 4.29. The molecule has 1 aliphatic rings. The molecule has 1 fully saturated rings. The van der Waals surface area contributed by atoms with E-state index >= 15 is 0 Å². The summed E-state index contributed by atoms with van der Waals surface area (Å²) < 4.78 is 5.85. The number of nitrogens with one attached hydrogen (secondary N) is 1. The van der Waals surface area contributed by atoms with Crippen molar-refractivity contribution in [1.29, 1.82) is 0 Å². The van der Waals surface area contributed by atoms with E-state index < -0.39 is 5.54 Å². The Hall–Kier alpha value is -1.26. The van der Waals surface area contributed by atoms with Crippen LogP contribution in [0.25, 0.3) is 0 Å². The highest BCUT2D eigenvalue weighted by atomic mass is 35.5. The summed E-state index contributed by atoms with van der Waals surface area (Å²) >= 11 is 0. The van der Waals surface area contributed by atoms with Crippen molar-refractivity contribution in [3.63, 3.8) is 0 Å². The molecule has 0 heterocycles. The molecule has 0 aliphatic heterocycles. The van der Waals surface area contributed by atoms with E-state index in [-0.39, 0.29) is 18.3 Å². The van der Waals surface area contributed by atoms with Gasteiger partial charge in [-0.05, 0) is 56.9 Å². The van der Waals surface area contributed by atoms with Crippen LogP contribution in [0.15, 0.2) is 24.3 Å². The minimum Gasteiger partial charge on any atom is -0.493 e. The van der Waals surface area contributed by atoms with Gasteiger partial charge in [-0.1, -0.05) is 19.3 Å². The predicted octanol–water partition coefficient (Wildman–Crippen LogP) is 3.53. The number of nitrogens with two attached hydrogens (primary N) is 1. The van der Waals surface area contributed by atoms with Crippen molar-refractivity contribution in [3.8, 4) is 5.75 Å². The molecule has 0 bridgehead atoms. The summed E-state index contributed by atoms with van der Waals surface area (Å²) in [6.07, 6.45) is 6.55. The standard InChI is InChI=1S/C18H28N2O2.ClH/c1-18(2,13-19)20-17(21)15-8-10-16(11-9-15)22-12-14-6-4-3-5-7-14;/h8-11,14H,3-7,12-13,19H2,1-2H3,(H,20,21);1H. The molecule has 130 valence electrons. The lowest BCUT2D eigenvalue weighted by Gasteiger charge is -2.24. The van der Waals surface area contributed by atoms with Gasteiger partial charge in [0.05, 0.1) is 6.61 Å². The molecule has 1 aromatic rings. The average Bonchev–Trinajstić information content (AvgIpc) is 2.54. The second-order valence-corrected chi connectivity index (χ2v) is 6.88. The summed E-state index contributed by atoms with van der Waals surface area (Å²) in [7, 11) is 0. The Bertz CT molecular complexity index is 482. The van der Waals surface area contributed by atoms with Gasteiger partial charge in [0.2, 0.25) is 0 Å². The maximum Gasteiger partial charge on any atom is 0.251 e. The van der Waals surface area contributed by atoms with E-state index in [0.29, 0.717) is 18.0 Å². The van der Waals surface area contributed by atoms with Gasteiger partial charge in [-0.3, -0.25) is 4.79 Å². The van der Waals surface area contributed by atoms with Crippen LogP contribution in [-0.4, -0.2) is 24.6 Å². The monoisotopic (exact) mass is 340 g/mol. The topological polar surface area (TPSA) is 64.3 Å². The molecule has 1 saturated carbocycles. The SMILES string of the molecule is CC(C)(CN)NC(=O)c1ccc(OCC2CCCCC2)cc1.Cl. The molecule has 0 unspecified atom stereocenters. The lowest BCUT2D eigenvalue weighted by molar-refractivity contribution is 0.0915. The van der Waals surface area contributed by atoms with Crippen molar-refractivity contribution < 1.29 is 9.53 Å². The van der Waals surface area contributed by atoms with E-state index in [4.69, 9.17) is 10.5 Å². The van der Waals surface area contributed by atoms with Gasteiger partial charge in [0.1, 0.15) is 5.75 Å². The third kappa shape index (κ3) is 6.40. The highest BCUT2D eigenvalue weighted by molar-refractivity contribution is 5.94. The van der Waals surface area contributed by atoms with Crippen molar-refractivity contribution in [1.82, 2.24) is 5.32 Å². The van der Waals surface area contributed by atoms with E-state index in [2.05, 4.69) is 5.32 Å². The summed E-state index contributed by atoms with van der Waals surface area (Å²) in [4.78, 5) is 12.1. The normalized spacial score (nSPS) is 15.6. The number of carbonyl (C=O) groups is 1. The smallest absolute Gasteiger partial charge is 0.251 e. The molecule has 1 aromatic carbocycles. The molecular weight excluding hydrogens is 312 g/mol. The molecule has 4 nitrogen and oxygen atoms in total. The van der Waals surface area contributed by atoms with Crippen LogP contribution < -0.4 is 15.8 Å². The van der Waals surface area contributed by atoms with Crippen molar-refractivity contribution in [2.45, 2.75) is 51.5 Å². The van der Waals surface area contributed by atoms with Crippen LogP contribution in [0.3, 0.4) is 0 Å². The largest absolute Gasteiger partial charge is 0.493 e. The summed E-state index contributed by atoms with van der Waals surface area (Å²) in [6, 6.07) is 7.34. The fourth-order valence-electron chi connectivity index (χ4n) is 2.70. The average molecular weight is 341 g/mol. The Morgan fingerprint density at radius 1 is 1.22 bits per heavy atom. The van der Waals surface area contributed by atoms with Crippen LogP contribution in [0.5, 0.6) is 5.75 Å². The van der Waals surface area contributed by atoms with Crippen LogP contribution in [0.4, 0.5) is 0 Å². The van der Waals surface area contributed by atoms with Gasteiger partial charge >= 0.3 is 0 Å². The fourth-order valence-corrected chi connectivity index (χ4v) is 2.70. The second kappa shape index (κ2) is 9.14. The van der Waals surface area contributed by atoms with E-state index in [9.17, 15) is 4.79 Å². The summed E-state index contributed by atoms with van der Waals surface area (Å²) in [5.41, 5.74) is 5.87. The first-order chi connectivity index (χ1) is 10.5. The fraction of sp³-hybridized carbons (Fsp3) is 0.611. The van der Waals surface area contributed by atoms with Crippen molar-refractivity contribution >= 4 is 18.3 Å². The number of amides is 1. The first-order valence-corrected chi connectivity index (χ1v) is 8.25. The van der Waals surface area contributed by atoms with Gasteiger partial charge in [-0.2, -0.15) is 0 Å². The molecule has 2 rings (SSSR count). The summed E-state index contributed by atoms with van der Waals surface area (Å²) in [5.74, 6) is 1.41. The molecule has 0 atom stereocenters. The van der Waals surface area contributed by atoms with Gasteiger partial charge < -0.3 is 15.8 Å². The number of ether oxygens (including phenoxy) is 1. The van der Waals surface area contributed by atoms with E-state index in [0.717, 1.165) is 12.4 Å². The highest BCUT2D eigenvalue weighted by Crippen LogP contribution is 2.24. The third-order valence-electron chi connectivity index (χ3n) is 4.29. The van der Waals surface area contributed by atoms with Gasteiger partial charge in [0.25, 0.3) is 5.91 Å². The van der Waals surface area contributed by atoms with E-state index in [1.165, 1.54) is 32.1 Å². The number of rotatable bonds is 6. The number of hydrogen-bond donors (Lipinski definition) is 2. The van der Waals surface area contributed by atoms with Gasteiger partial charge in [0, 0.05) is 17.6 Å². The lowest BCUT2D eigenvalue weighted by atomic mass is 9.90. The quantitative estimate of drug-likeness (QED) is 0.832. The van der Waals surface area contributed by atoms with Crippen LogP contribution in [0, 0.1) is 5.92 Å². The Kier molecular flexibility index (Phi) is 7.86. The molecule has 3 N–H and O–H groups in total. The molecule has 5 heteroatoms. The molecular formula is C18H29ClN2O2. The molecule has 1 aliphatic carbocycles. The predicted molar refractivity (Wildman–Crippen MR) is 96.4 cm³/mol. The summed E-state index contributed by atoms with van der Waals surface area (Å²) in [5, 5.41) is 2.92. The Balaban J connectivity index is 0.00000264. The molecule has 0 aromatic heterocycles. The Morgan fingerprint density at radius 3 is 2.39 bits per heavy atom. The highest BCUT2D eigenvalue weighted by Gasteiger charge is 2.19. The number of carbonyl (C=O) groups excluding carboxylic acids is 1. The number of halogens is 1. The zero-order valence-electron chi connectivity index (χ0n) is 14.1. The number of benzene rings is 1. The summed E-state index contributed by atoms with van der Waals surface area (Å²) in [6.45, 7) is 5.01. The minimum absolute atomic E-state index is 0. The minimum atomic E-state index is -0.396. The lowest BCUT2D eigenvalue weighted by Crippen LogP contribution is -2.48. The second-order valence-electron chi connectivity index (χ2n) is 6.88. The maximum absolute atomic E-state index is 12.1. The zero-order valence-corrected chi connectivity index (χ0v) is 15.0. The van der Waals surface area contributed by atoms with Crippen LogP contribution >= 0.6 is 12.4 Å². The van der Waals surface area contributed by atoms with Gasteiger partial charge in [-0.25, -0.2) is 0 Å². The number of hydrogen-bond acceptors (Lipinski definition) is 3. The Morgan fingerprint density at radius 2 is 1.83 bits per heavy atom. The van der Waals surface area contributed by atoms with Crippen molar-refractivity contribution in [2.24, 2.45) is 11.7 Å². The van der Waals surface area contributed by atoms with Crippen LogP contribution in [0.2, 0.25) is 0 Å². The first-order valence-electron chi connectivity index (χ1n) is 8.25. The van der Waals surface area contributed by atoms with Crippen LogP contribution in [0.1, 0.15) is 56.3 Å². The maximum atomic E-state index is 12.1.